The number of carbonyl (C=O) groups is 1. The SMILES string of the molecule is CCOc1nn(CC)cc1-c1nnc(SCC(=O)Nc2ccc(F)cc2F)n1CCOC. The molecule has 0 bridgehead atoms. The van der Waals surface area contributed by atoms with Crippen LogP contribution in [0, 0.1) is 11.6 Å². The Kier molecular flexibility index (Phi) is 8.17. The number of halogens is 2. The van der Waals surface area contributed by atoms with Crippen molar-refractivity contribution in [3.8, 4) is 17.3 Å². The first-order chi connectivity index (χ1) is 15.5. The first-order valence-electron chi connectivity index (χ1n) is 9.97. The van der Waals surface area contributed by atoms with E-state index in [0.29, 0.717) is 54.8 Å². The Morgan fingerprint density at radius 2 is 2.06 bits per heavy atom. The molecule has 1 aromatic carbocycles. The molecule has 0 saturated heterocycles. The summed E-state index contributed by atoms with van der Waals surface area (Å²) in [5.74, 6) is -1.08. The molecule has 1 amide bonds. The number of rotatable bonds is 11. The third-order valence-electron chi connectivity index (χ3n) is 4.35. The highest BCUT2D eigenvalue weighted by Gasteiger charge is 2.21. The number of hydrogen-bond acceptors (Lipinski definition) is 7. The van der Waals surface area contributed by atoms with Gasteiger partial charge in [0.25, 0.3) is 0 Å². The molecule has 0 atom stereocenters. The van der Waals surface area contributed by atoms with Crippen LogP contribution in [0.1, 0.15) is 13.8 Å². The van der Waals surface area contributed by atoms with Crippen LogP contribution in [0.4, 0.5) is 14.5 Å². The monoisotopic (exact) mass is 466 g/mol. The Hall–Kier alpha value is -2.99. The molecule has 0 unspecified atom stereocenters. The Morgan fingerprint density at radius 1 is 1.25 bits per heavy atom. The summed E-state index contributed by atoms with van der Waals surface area (Å²) in [5, 5.41) is 15.8. The number of methoxy groups -OCH3 is 1. The Bertz CT molecular complexity index is 1070. The fourth-order valence-corrected chi connectivity index (χ4v) is 3.61. The minimum atomic E-state index is -0.842. The van der Waals surface area contributed by atoms with Gasteiger partial charge in [-0.25, -0.2) is 8.78 Å². The van der Waals surface area contributed by atoms with E-state index in [0.717, 1.165) is 17.8 Å². The van der Waals surface area contributed by atoms with E-state index in [1.807, 2.05) is 24.6 Å². The van der Waals surface area contributed by atoms with Crippen molar-refractivity contribution >= 4 is 23.4 Å². The Labute approximate surface area is 188 Å². The minimum Gasteiger partial charge on any atom is -0.476 e. The van der Waals surface area contributed by atoms with Crippen molar-refractivity contribution in [3.05, 3.63) is 36.0 Å². The quantitative estimate of drug-likeness (QED) is 0.434. The number of aryl methyl sites for hydroxylation is 1. The number of nitrogens with zero attached hydrogens (tertiary/aromatic N) is 5. The van der Waals surface area contributed by atoms with Crippen LogP contribution in [0.15, 0.2) is 29.6 Å². The molecule has 0 aliphatic carbocycles. The first-order valence-corrected chi connectivity index (χ1v) is 11.0. The Morgan fingerprint density at radius 3 is 2.75 bits per heavy atom. The molecule has 0 spiro atoms. The lowest BCUT2D eigenvalue weighted by molar-refractivity contribution is -0.113. The number of nitrogens with one attached hydrogen (secondary N) is 1. The summed E-state index contributed by atoms with van der Waals surface area (Å²) in [4.78, 5) is 12.3. The number of carbonyl (C=O) groups excluding carboxylic acids is 1. The fraction of sp³-hybridized carbons (Fsp3) is 0.400. The smallest absolute Gasteiger partial charge is 0.243 e. The molecule has 0 fully saturated rings. The summed E-state index contributed by atoms with van der Waals surface area (Å²) >= 11 is 1.14. The van der Waals surface area contributed by atoms with Gasteiger partial charge in [0.2, 0.25) is 11.8 Å². The zero-order chi connectivity index (χ0) is 23.1. The molecule has 2 aromatic heterocycles. The molecule has 0 aliphatic rings. The van der Waals surface area contributed by atoms with Crippen molar-refractivity contribution in [2.24, 2.45) is 0 Å². The number of benzene rings is 1. The molecule has 0 saturated carbocycles. The summed E-state index contributed by atoms with van der Waals surface area (Å²) in [6.07, 6.45) is 1.83. The summed E-state index contributed by atoms with van der Waals surface area (Å²) < 4.78 is 41.2. The van der Waals surface area contributed by atoms with Crippen molar-refractivity contribution in [1.29, 1.82) is 0 Å². The van der Waals surface area contributed by atoms with Crippen molar-refractivity contribution in [2.75, 3.05) is 31.4 Å². The van der Waals surface area contributed by atoms with Crippen LogP contribution in [-0.4, -0.2) is 56.5 Å². The van der Waals surface area contributed by atoms with Gasteiger partial charge in [-0.2, -0.15) is 0 Å². The number of hydrogen-bond donors (Lipinski definition) is 1. The molecular weight excluding hydrogens is 442 g/mol. The third kappa shape index (κ3) is 5.62. The van der Waals surface area contributed by atoms with Gasteiger partial charge < -0.3 is 14.8 Å². The largest absolute Gasteiger partial charge is 0.476 e. The predicted molar refractivity (Wildman–Crippen MR) is 116 cm³/mol. The van der Waals surface area contributed by atoms with Crippen LogP contribution in [0.3, 0.4) is 0 Å². The third-order valence-corrected chi connectivity index (χ3v) is 5.31. The summed E-state index contributed by atoms with van der Waals surface area (Å²) in [6.45, 7) is 5.78. The molecule has 1 N–H and O–H groups in total. The maximum Gasteiger partial charge on any atom is 0.243 e. The number of thioether (sulfide) groups is 1. The van der Waals surface area contributed by atoms with Crippen molar-refractivity contribution < 1.29 is 23.0 Å². The van der Waals surface area contributed by atoms with E-state index in [4.69, 9.17) is 9.47 Å². The average Bonchev–Trinajstić information content (AvgIpc) is 3.36. The van der Waals surface area contributed by atoms with Crippen LogP contribution >= 0.6 is 11.8 Å². The van der Waals surface area contributed by atoms with Gasteiger partial charge in [-0.1, -0.05) is 11.8 Å². The van der Waals surface area contributed by atoms with Crippen LogP contribution in [-0.2, 0) is 22.6 Å². The van der Waals surface area contributed by atoms with E-state index in [-0.39, 0.29) is 11.4 Å². The average molecular weight is 467 g/mol. The van der Waals surface area contributed by atoms with E-state index in [1.54, 1.807) is 11.8 Å². The van der Waals surface area contributed by atoms with Gasteiger partial charge >= 0.3 is 0 Å². The molecule has 32 heavy (non-hydrogen) atoms. The van der Waals surface area contributed by atoms with E-state index in [9.17, 15) is 13.6 Å². The molecule has 12 heteroatoms. The highest BCUT2D eigenvalue weighted by atomic mass is 32.2. The van der Waals surface area contributed by atoms with Gasteiger partial charge in [0, 0.05) is 25.9 Å². The minimum absolute atomic E-state index is 0.0472. The normalized spacial score (nSPS) is 11.0. The lowest BCUT2D eigenvalue weighted by Gasteiger charge is -2.10. The molecule has 9 nitrogen and oxygen atoms in total. The zero-order valence-electron chi connectivity index (χ0n) is 18.0. The van der Waals surface area contributed by atoms with E-state index >= 15 is 0 Å². The van der Waals surface area contributed by atoms with E-state index in [1.165, 1.54) is 6.07 Å². The second kappa shape index (κ2) is 11.0. The van der Waals surface area contributed by atoms with Crippen molar-refractivity contribution in [2.45, 2.75) is 32.1 Å². The van der Waals surface area contributed by atoms with Crippen LogP contribution < -0.4 is 10.1 Å². The van der Waals surface area contributed by atoms with Gasteiger partial charge in [0.05, 0.1) is 31.2 Å². The van der Waals surface area contributed by atoms with Crippen molar-refractivity contribution in [3.63, 3.8) is 0 Å². The number of amides is 1. The lowest BCUT2D eigenvalue weighted by atomic mass is 10.3. The van der Waals surface area contributed by atoms with Gasteiger partial charge in [0.1, 0.15) is 17.2 Å². The maximum absolute atomic E-state index is 13.8. The second-order valence-electron chi connectivity index (χ2n) is 6.55. The number of aromatic nitrogens is 5. The number of anilines is 1. The standard InChI is InChI=1S/C20H24F2N6O3S/c1-4-27-11-14(19(26-27)31-5-2)18-24-25-20(28(18)8-9-30-3)32-12-17(29)23-16-7-6-13(21)10-15(16)22/h6-7,10-11H,4-5,8-9,12H2,1-3H3,(H,23,29). The fourth-order valence-electron chi connectivity index (χ4n) is 2.85. The highest BCUT2D eigenvalue weighted by Crippen LogP contribution is 2.30. The number of ether oxygens (including phenoxy) is 2. The Balaban J connectivity index is 1.79. The molecule has 172 valence electrons. The van der Waals surface area contributed by atoms with Crippen LogP contribution in [0.2, 0.25) is 0 Å². The maximum atomic E-state index is 13.8. The summed E-state index contributed by atoms with van der Waals surface area (Å²) in [5.41, 5.74) is 0.592. The molecular formula is C20H24F2N6O3S. The molecule has 2 heterocycles. The molecule has 3 rings (SSSR count). The summed E-state index contributed by atoms with van der Waals surface area (Å²) in [6, 6.07) is 2.96. The highest BCUT2D eigenvalue weighted by molar-refractivity contribution is 7.99. The summed E-state index contributed by atoms with van der Waals surface area (Å²) in [7, 11) is 1.59. The van der Waals surface area contributed by atoms with Crippen molar-refractivity contribution in [1.82, 2.24) is 24.5 Å². The molecule has 0 aliphatic heterocycles. The van der Waals surface area contributed by atoms with Gasteiger partial charge in [-0.15, -0.1) is 15.3 Å². The molecule has 0 radical (unpaired) electrons. The van der Waals surface area contributed by atoms with Gasteiger partial charge in [0.15, 0.2) is 11.0 Å². The van der Waals surface area contributed by atoms with Gasteiger partial charge in [-0.05, 0) is 26.0 Å². The second-order valence-corrected chi connectivity index (χ2v) is 7.49. The first kappa shape index (κ1) is 23.7. The topological polar surface area (TPSA) is 96.1 Å². The van der Waals surface area contributed by atoms with E-state index < -0.39 is 17.5 Å². The van der Waals surface area contributed by atoms with Gasteiger partial charge in [-0.3, -0.25) is 14.0 Å². The van der Waals surface area contributed by atoms with E-state index in [2.05, 4.69) is 20.6 Å². The predicted octanol–water partition coefficient (Wildman–Crippen LogP) is 3.22. The molecule has 3 aromatic rings. The zero-order valence-corrected chi connectivity index (χ0v) is 18.8. The van der Waals surface area contributed by atoms with Crippen LogP contribution in [0.25, 0.3) is 11.4 Å². The lowest BCUT2D eigenvalue weighted by Crippen LogP contribution is -2.16. The van der Waals surface area contributed by atoms with Crippen LogP contribution in [0.5, 0.6) is 5.88 Å².